The summed E-state index contributed by atoms with van der Waals surface area (Å²) < 4.78 is 75.9. The Kier molecular flexibility index (Phi) is 12.4. The third-order valence-electron chi connectivity index (χ3n) is 24.0. The summed E-state index contributed by atoms with van der Waals surface area (Å²) in [7, 11) is 0. The average Bonchev–Trinajstić information content (AvgIpc) is 1.66. The van der Waals surface area contributed by atoms with Crippen LogP contribution in [0.1, 0.15) is 15.2 Å². The van der Waals surface area contributed by atoms with Gasteiger partial charge in [0.05, 0.1) is 71.4 Å². The molecule has 0 N–H and O–H groups in total. The fraction of sp³-hybridized carbons (Fsp3) is 0. The average molecular weight is 1450 g/mol. The molecule has 5 heterocycles. The number of aromatic nitrogens is 3. The van der Waals surface area contributed by atoms with Crippen LogP contribution in [0.3, 0.4) is 0 Å². The molecule has 22 aromatic rings. The van der Waals surface area contributed by atoms with E-state index >= 15 is 0 Å². The molecule has 0 fully saturated rings. The van der Waals surface area contributed by atoms with Crippen molar-refractivity contribution in [1.29, 1.82) is 5.26 Å². The fourth-order valence-electron chi connectivity index (χ4n) is 19.2. The van der Waals surface area contributed by atoms with Gasteiger partial charge in [0.1, 0.15) is 0 Å². The van der Waals surface area contributed by atoms with Gasteiger partial charge < -0.3 is 23.5 Å². The van der Waals surface area contributed by atoms with Crippen molar-refractivity contribution in [2.75, 3.05) is 9.80 Å². The molecule has 0 atom stereocenters. The Balaban J connectivity index is 0.923. The SMILES string of the molecule is [2H]c1c([2H])c([2H])c2c(c1[2H])c1c([2H])c(C#N)c([2H])c([2H])c1n2-c1cc2c3c(c1)N(c1ccccc1-c1cc4ccccc4c4ccccc14)c1cc4c5ccc(-c6ccccc6)cc5n(-c5ccccc5)c4cc1B3c1cc3c(cc1N2c1ccccc1-c1cc2ccccc2c2ccccc12)c1ccc(-c2ccccc2)cc1n3-c1ccccc1. The zero-order valence-corrected chi connectivity index (χ0v) is 61.2. The first-order chi connectivity index (χ1) is 59.5. The number of anilines is 6. The number of rotatable bonds is 9. The summed E-state index contributed by atoms with van der Waals surface area (Å²) in [6.07, 6.45) is 0. The maximum Gasteiger partial charge on any atom is 0.252 e. The highest BCUT2D eigenvalue weighted by molar-refractivity contribution is 7.00. The second-order valence-electron chi connectivity index (χ2n) is 30.0. The van der Waals surface area contributed by atoms with Crippen LogP contribution in [0.5, 0.6) is 0 Å². The first-order valence-corrected chi connectivity index (χ1v) is 38.6. The van der Waals surface area contributed by atoms with Crippen molar-refractivity contribution in [2.24, 2.45) is 0 Å². The summed E-state index contributed by atoms with van der Waals surface area (Å²) in [6.45, 7) is -0.628. The van der Waals surface area contributed by atoms with E-state index in [1.807, 2.05) is 0 Å². The smallest absolute Gasteiger partial charge is 0.252 e. The molecule has 7 heteroatoms. The van der Waals surface area contributed by atoms with Crippen molar-refractivity contribution in [1.82, 2.24) is 13.7 Å². The Labute approximate surface area is 667 Å². The first kappa shape index (κ1) is 56.9. The van der Waals surface area contributed by atoms with Crippen molar-refractivity contribution in [2.45, 2.75) is 0 Å². The lowest BCUT2D eigenvalue weighted by Crippen LogP contribution is -2.61. The standard InChI is InChI=1S/C107H65BN6/c109-66-67-49-54-98-90(55-67)85-45-23-24-46-95(85)112(98)76-60-105-107-106(61-76)114(97-48-26-22-44-84(97)89-57-73-32-14-16-38-78(73)80-40-18-20-42-82(80)89)104-63-92-87-53-51-71(69-29-7-2-8-30-69)59-100(87)111(75-35-11-4-12-36-75)102(92)65-94(104)108(107)93-64-101-91(86-52-50-70(68-27-5-1-6-28-68)58-99(86)110(101)74-33-9-3-10-34-74)62-103(93)113(105)96-47-25-21-43-83(96)88-56-72-31-13-15-37-77(72)79-39-17-19-41-81(79)88/h1-65H/i23D,24D,45D,46D,49D,54D,55D. The molecule has 0 amide bonds. The molecule has 0 unspecified atom stereocenters. The van der Waals surface area contributed by atoms with Gasteiger partial charge in [0, 0.05) is 77.6 Å². The molecule has 526 valence electrons. The highest BCUT2D eigenvalue weighted by atomic mass is 15.2. The lowest BCUT2D eigenvalue weighted by Gasteiger charge is -2.45. The summed E-state index contributed by atoms with van der Waals surface area (Å²) in [5.41, 5.74) is 21.9. The zero-order chi connectivity index (χ0) is 80.9. The molecule has 0 saturated heterocycles. The topological polar surface area (TPSA) is 45.1 Å². The van der Waals surface area contributed by atoms with E-state index in [0.29, 0.717) is 17.1 Å². The number of para-hydroxylation sites is 5. The van der Waals surface area contributed by atoms with E-state index in [1.54, 1.807) is 4.57 Å². The summed E-state index contributed by atoms with van der Waals surface area (Å²) in [5, 5.41) is 23.6. The zero-order valence-electron chi connectivity index (χ0n) is 68.2. The third-order valence-corrected chi connectivity index (χ3v) is 24.0. The van der Waals surface area contributed by atoms with Gasteiger partial charge in [0.25, 0.3) is 6.71 Å². The van der Waals surface area contributed by atoms with Gasteiger partial charge in [-0.1, -0.05) is 273 Å². The summed E-state index contributed by atoms with van der Waals surface area (Å²) in [4.78, 5) is 4.86. The lowest BCUT2D eigenvalue weighted by atomic mass is 9.33. The predicted octanol–water partition coefficient (Wildman–Crippen LogP) is 26.2. The molecule has 0 saturated carbocycles. The second-order valence-corrected chi connectivity index (χ2v) is 30.0. The van der Waals surface area contributed by atoms with Gasteiger partial charge in [-0.3, -0.25) is 0 Å². The largest absolute Gasteiger partial charge is 0.311 e. The third kappa shape index (κ3) is 9.43. The molecule has 24 rings (SSSR count). The normalized spacial score (nSPS) is 13.4. The molecule has 114 heavy (non-hydrogen) atoms. The van der Waals surface area contributed by atoms with E-state index in [1.165, 1.54) is 0 Å². The molecule has 0 bridgehead atoms. The Hall–Kier alpha value is -15.2. The predicted molar refractivity (Wildman–Crippen MR) is 480 cm³/mol. The number of hydrogen-bond donors (Lipinski definition) is 0. The molecule has 19 aromatic carbocycles. The van der Waals surface area contributed by atoms with Gasteiger partial charge in [-0.25, -0.2) is 0 Å². The minimum Gasteiger partial charge on any atom is -0.311 e. The summed E-state index contributed by atoms with van der Waals surface area (Å²) in [5.74, 6) is 0. The molecule has 6 nitrogen and oxygen atoms in total. The number of benzene rings is 19. The lowest BCUT2D eigenvalue weighted by molar-refractivity contribution is 1.16. The first-order valence-electron chi connectivity index (χ1n) is 42.1. The Morgan fingerprint density at radius 3 is 1.17 bits per heavy atom. The van der Waals surface area contributed by atoms with Gasteiger partial charge >= 0.3 is 0 Å². The molecule has 2 aliphatic rings. The van der Waals surface area contributed by atoms with Crippen molar-refractivity contribution in [3.8, 4) is 67.6 Å². The molecular weight excluding hydrogens is 1380 g/mol. The van der Waals surface area contributed by atoms with Crippen LogP contribution in [-0.2, 0) is 0 Å². The number of nitrogens with zero attached hydrogens (tertiary/aromatic N) is 6. The quantitative estimate of drug-likeness (QED) is 0.107. The van der Waals surface area contributed by atoms with Crippen molar-refractivity contribution >= 4 is 166 Å². The highest BCUT2D eigenvalue weighted by Crippen LogP contribution is 2.54. The minimum atomic E-state index is -0.628. The minimum absolute atomic E-state index is 0.00613. The van der Waals surface area contributed by atoms with Crippen LogP contribution in [0.25, 0.3) is 170 Å². The summed E-state index contributed by atoms with van der Waals surface area (Å²) >= 11 is 0. The number of fused-ring (bicyclic) bond motifs is 19. The van der Waals surface area contributed by atoms with Crippen LogP contribution >= 0.6 is 0 Å². The Morgan fingerprint density at radius 1 is 0.254 bits per heavy atom. The van der Waals surface area contributed by atoms with E-state index in [-0.39, 0.29) is 27.4 Å². The highest BCUT2D eigenvalue weighted by Gasteiger charge is 2.46. The van der Waals surface area contributed by atoms with Gasteiger partial charge in [-0.05, 0) is 214 Å². The van der Waals surface area contributed by atoms with E-state index < -0.39 is 49.0 Å². The second kappa shape index (κ2) is 24.9. The number of nitriles is 1. The molecule has 3 aromatic heterocycles. The van der Waals surface area contributed by atoms with E-state index in [2.05, 4.69) is 377 Å². The molecule has 0 aliphatic carbocycles. The van der Waals surface area contributed by atoms with Gasteiger partial charge in [-0.15, -0.1) is 0 Å². The van der Waals surface area contributed by atoms with E-state index in [9.17, 15) is 14.9 Å². The van der Waals surface area contributed by atoms with Crippen LogP contribution in [-0.4, -0.2) is 20.4 Å². The van der Waals surface area contributed by atoms with Gasteiger partial charge in [0.2, 0.25) is 0 Å². The van der Waals surface area contributed by atoms with Crippen LogP contribution < -0.4 is 26.2 Å². The molecule has 2 aliphatic heterocycles. The van der Waals surface area contributed by atoms with Gasteiger partial charge in [0.15, 0.2) is 0 Å². The molecule has 0 radical (unpaired) electrons. The number of hydrogen-bond acceptors (Lipinski definition) is 3. The van der Waals surface area contributed by atoms with Crippen LogP contribution in [0, 0.1) is 11.3 Å². The van der Waals surface area contributed by atoms with Crippen LogP contribution in [0.2, 0.25) is 0 Å². The van der Waals surface area contributed by atoms with E-state index in [0.717, 1.165) is 182 Å². The summed E-state index contributed by atoms with van der Waals surface area (Å²) in [6, 6.07) is 125. The van der Waals surface area contributed by atoms with Crippen molar-refractivity contribution in [3.63, 3.8) is 0 Å². The maximum absolute atomic E-state index is 10.9. The van der Waals surface area contributed by atoms with Gasteiger partial charge in [-0.2, -0.15) is 5.26 Å². The monoisotopic (exact) mass is 1450 g/mol. The molecular formula is C107H65BN6. The fourth-order valence-corrected chi connectivity index (χ4v) is 19.2. The van der Waals surface area contributed by atoms with Crippen molar-refractivity contribution < 1.29 is 9.60 Å². The molecule has 0 spiro atoms. The maximum atomic E-state index is 10.9. The van der Waals surface area contributed by atoms with Crippen LogP contribution in [0.15, 0.2) is 394 Å². The van der Waals surface area contributed by atoms with Crippen molar-refractivity contribution in [3.05, 3.63) is 400 Å². The Morgan fingerprint density at radius 2 is 0.667 bits per heavy atom. The van der Waals surface area contributed by atoms with E-state index in [4.69, 9.17) is 0 Å². The Bertz CT molecular complexity index is 7950. The van der Waals surface area contributed by atoms with Crippen LogP contribution in [0.4, 0.5) is 34.1 Å².